The van der Waals surface area contributed by atoms with Crippen molar-refractivity contribution >= 4 is 5.97 Å². The van der Waals surface area contributed by atoms with Crippen LogP contribution in [0.5, 0.6) is 0 Å². The Labute approximate surface area is 105 Å². The fourth-order valence-electron chi connectivity index (χ4n) is 2.56. The molecular formula is C14H25NO2. The zero-order chi connectivity index (χ0) is 12.7. The number of aliphatic carboxylic acids is 1. The van der Waals surface area contributed by atoms with Crippen molar-refractivity contribution in [2.24, 2.45) is 5.92 Å². The molecule has 1 heterocycles. The smallest absolute Gasteiger partial charge is 0.306 e. The van der Waals surface area contributed by atoms with Crippen LogP contribution in [0.2, 0.25) is 0 Å². The third-order valence-electron chi connectivity index (χ3n) is 3.72. The Kier molecular flexibility index (Phi) is 6.27. The van der Waals surface area contributed by atoms with Gasteiger partial charge in [0.1, 0.15) is 0 Å². The number of likely N-dealkylation sites (tertiary alicyclic amines) is 1. The SMILES string of the molecule is C=CCCCCCN1CCC(C(=O)O)CC1C. The van der Waals surface area contributed by atoms with Gasteiger partial charge >= 0.3 is 5.97 Å². The van der Waals surface area contributed by atoms with Crippen LogP contribution in [0, 0.1) is 5.92 Å². The summed E-state index contributed by atoms with van der Waals surface area (Å²) in [4.78, 5) is 13.3. The molecule has 0 aromatic rings. The van der Waals surface area contributed by atoms with Gasteiger partial charge in [0, 0.05) is 6.04 Å². The van der Waals surface area contributed by atoms with E-state index in [0.29, 0.717) is 6.04 Å². The molecule has 2 unspecified atom stereocenters. The first-order valence-corrected chi connectivity index (χ1v) is 6.73. The van der Waals surface area contributed by atoms with Crippen LogP contribution in [0.15, 0.2) is 12.7 Å². The van der Waals surface area contributed by atoms with E-state index in [1.165, 1.54) is 19.3 Å². The highest BCUT2D eigenvalue weighted by atomic mass is 16.4. The number of carbonyl (C=O) groups is 1. The number of nitrogens with zero attached hydrogens (tertiary/aromatic N) is 1. The largest absolute Gasteiger partial charge is 0.481 e. The quantitative estimate of drug-likeness (QED) is 0.548. The molecule has 3 nitrogen and oxygen atoms in total. The second-order valence-corrected chi connectivity index (χ2v) is 5.08. The topological polar surface area (TPSA) is 40.5 Å². The Hall–Kier alpha value is -0.830. The number of rotatable bonds is 7. The van der Waals surface area contributed by atoms with Crippen LogP contribution >= 0.6 is 0 Å². The highest BCUT2D eigenvalue weighted by molar-refractivity contribution is 5.70. The predicted octanol–water partition coefficient (Wildman–Crippen LogP) is 2.92. The van der Waals surface area contributed by atoms with E-state index in [1.807, 2.05) is 6.08 Å². The number of allylic oxidation sites excluding steroid dienone is 1. The van der Waals surface area contributed by atoms with Gasteiger partial charge in [-0.25, -0.2) is 0 Å². The fourth-order valence-corrected chi connectivity index (χ4v) is 2.56. The van der Waals surface area contributed by atoms with E-state index in [4.69, 9.17) is 5.11 Å². The molecule has 0 amide bonds. The molecule has 0 saturated carbocycles. The minimum Gasteiger partial charge on any atom is -0.481 e. The molecule has 1 aliphatic heterocycles. The van der Waals surface area contributed by atoms with Gasteiger partial charge in [-0.05, 0) is 52.1 Å². The standard InChI is InChI=1S/C14H25NO2/c1-3-4-5-6-7-9-15-10-8-13(14(16)17)11-12(15)2/h3,12-13H,1,4-11H2,2H3,(H,16,17). The Morgan fingerprint density at radius 1 is 1.47 bits per heavy atom. The van der Waals surface area contributed by atoms with E-state index in [1.54, 1.807) is 0 Å². The van der Waals surface area contributed by atoms with E-state index < -0.39 is 5.97 Å². The Morgan fingerprint density at radius 3 is 2.82 bits per heavy atom. The zero-order valence-electron chi connectivity index (χ0n) is 10.9. The molecule has 0 spiro atoms. The Bertz CT molecular complexity index is 253. The molecule has 0 radical (unpaired) electrons. The number of unbranched alkanes of at least 4 members (excludes halogenated alkanes) is 3. The summed E-state index contributed by atoms with van der Waals surface area (Å²) in [5.41, 5.74) is 0. The van der Waals surface area contributed by atoms with Gasteiger partial charge in [-0.1, -0.05) is 12.5 Å². The molecule has 98 valence electrons. The van der Waals surface area contributed by atoms with Gasteiger partial charge in [0.05, 0.1) is 5.92 Å². The summed E-state index contributed by atoms with van der Waals surface area (Å²) in [5.74, 6) is -0.746. The number of piperidine rings is 1. The third kappa shape index (κ3) is 4.90. The maximum Gasteiger partial charge on any atom is 0.306 e. The number of hydrogen-bond donors (Lipinski definition) is 1. The minimum absolute atomic E-state index is 0.123. The molecule has 17 heavy (non-hydrogen) atoms. The third-order valence-corrected chi connectivity index (χ3v) is 3.72. The van der Waals surface area contributed by atoms with Gasteiger partial charge < -0.3 is 10.0 Å². The summed E-state index contributed by atoms with van der Waals surface area (Å²) in [7, 11) is 0. The van der Waals surface area contributed by atoms with Crippen LogP contribution in [0.25, 0.3) is 0 Å². The summed E-state index contributed by atoms with van der Waals surface area (Å²) in [5, 5.41) is 8.99. The van der Waals surface area contributed by atoms with Crippen molar-refractivity contribution in [2.45, 2.75) is 51.5 Å². The van der Waals surface area contributed by atoms with Gasteiger partial charge in [-0.2, -0.15) is 0 Å². The molecule has 0 aliphatic carbocycles. The monoisotopic (exact) mass is 239 g/mol. The van der Waals surface area contributed by atoms with Crippen LogP contribution in [0.3, 0.4) is 0 Å². The minimum atomic E-state index is -0.623. The van der Waals surface area contributed by atoms with Crippen molar-refractivity contribution in [2.75, 3.05) is 13.1 Å². The average Bonchev–Trinajstić information content (AvgIpc) is 2.30. The van der Waals surface area contributed by atoms with Gasteiger partial charge in [-0.3, -0.25) is 4.79 Å². The number of carboxylic acids is 1. The lowest BCUT2D eigenvalue weighted by Gasteiger charge is -2.36. The van der Waals surface area contributed by atoms with Crippen LogP contribution in [0.1, 0.15) is 45.4 Å². The summed E-state index contributed by atoms with van der Waals surface area (Å²) in [6.07, 6.45) is 8.39. The van der Waals surface area contributed by atoms with E-state index in [9.17, 15) is 4.79 Å². The zero-order valence-corrected chi connectivity index (χ0v) is 10.9. The molecule has 3 heteroatoms. The van der Waals surface area contributed by atoms with Gasteiger partial charge in [-0.15, -0.1) is 6.58 Å². The molecule has 0 aromatic heterocycles. The lowest BCUT2D eigenvalue weighted by Crippen LogP contribution is -2.43. The van der Waals surface area contributed by atoms with Gasteiger partial charge in [0.25, 0.3) is 0 Å². The molecule has 1 saturated heterocycles. The van der Waals surface area contributed by atoms with Gasteiger partial charge in [0.15, 0.2) is 0 Å². The highest BCUT2D eigenvalue weighted by Crippen LogP contribution is 2.23. The predicted molar refractivity (Wildman–Crippen MR) is 70.1 cm³/mol. The molecule has 1 aliphatic rings. The fraction of sp³-hybridized carbons (Fsp3) is 0.786. The van der Waals surface area contributed by atoms with E-state index in [0.717, 1.165) is 32.4 Å². The lowest BCUT2D eigenvalue weighted by molar-refractivity contribution is -0.144. The normalized spacial score (nSPS) is 25.7. The van der Waals surface area contributed by atoms with Crippen molar-refractivity contribution in [3.05, 3.63) is 12.7 Å². The maximum absolute atomic E-state index is 10.9. The summed E-state index contributed by atoms with van der Waals surface area (Å²) < 4.78 is 0. The number of carboxylic acid groups (broad SMARTS) is 1. The Morgan fingerprint density at radius 2 is 2.24 bits per heavy atom. The van der Waals surface area contributed by atoms with Crippen molar-refractivity contribution in [3.8, 4) is 0 Å². The van der Waals surface area contributed by atoms with Crippen LogP contribution in [0.4, 0.5) is 0 Å². The van der Waals surface area contributed by atoms with Crippen molar-refractivity contribution in [1.82, 2.24) is 4.90 Å². The lowest BCUT2D eigenvalue weighted by atomic mass is 9.91. The van der Waals surface area contributed by atoms with Crippen LogP contribution in [-0.4, -0.2) is 35.1 Å². The first kappa shape index (κ1) is 14.2. The van der Waals surface area contributed by atoms with Crippen molar-refractivity contribution in [3.63, 3.8) is 0 Å². The number of hydrogen-bond acceptors (Lipinski definition) is 2. The average molecular weight is 239 g/mol. The van der Waals surface area contributed by atoms with Crippen molar-refractivity contribution in [1.29, 1.82) is 0 Å². The summed E-state index contributed by atoms with van der Waals surface area (Å²) in [6, 6.07) is 0.421. The van der Waals surface area contributed by atoms with E-state index >= 15 is 0 Å². The molecule has 1 fully saturated rings. The summed E-state index contributed by atoms with van der Waals surface area (Å²) >= 11 is 0. The highest BCUT2D eigenvalue weighted by Gasteiger charge is 2.28. The Balaban J connectivity index is 2.18. The maximum atomic E-state index is 10.9. The second kappa shape index (κ2) is 7.49. The first-order valence-electron chi connectivity index (χ1n) is 6.73. The molecule has 0 aromatic carbocycles. The molecule has 1 N–H and O–H groups in total. The van der Waals surface area contributed by atoms with E-state index in [2.05, 4.69) is 18.4 Å². The van der Waals surface area contributed by atoms with Gasteiger partial charge in [0.2, 0.25) is 0 Å². The van der Waals surface area contributed by atoms with Crippen LogP contribution < -0.4 is 0 Å². The van der Waals surface area contributed by atoms with Crippen LogP contribution in [-0.2, 0) is 4.79 Å². The van der Waals surface area contributed by atoms with Crippen molar-refractivity contribution < 1.29 is 9.90 Å². The second-order valence-electron chi connectivity index (χ2n) is 5.08. The molecular weight excluding hydrogens is 214 g/mol. The molecule has 1 rings (SSSR count). The first-order chi connectivity index (χ1) is 8.15. The van der Waals surface area contributed by atoms with E-state index in [-0.39, 0.29) is 5.92 Å². The molecule has 2 atom stereocenters. The summed E-state index contributed by atoms with van der Waals surface area (Å²) in [6.45, 7) is 7.93. The molecule has 0 bridgehead atoms.